The molecule has 0 radical (unpaired) electrons. The van der Waals surface area contributed by atoms with Crippen LogP contribution in [0.3, 0.4) is 0 Å². The summed E-state index contributed by atoms with van der Waals surface area (Å²) in [5.41, 5.74) is -1.89. The number of halogens is 4. The number of nitrogens with one attached hydrogen (secondary N) is 1. The normalized spacial score (nSPS) is 25.0. The van der Waals surface area contributed by atoms with Crippen LogP contribution >= 0.6 is 23.2 Å². The van der Waals surface area contributed by atoms with Crippen molar-refractivity contribution < 1.29 is 31.9 Å². The number of likely N-dealkylation sites (tertiary alicyclic amines) is 1. The Morgan fingerprint density at radius 2 is 1.94 bits per heavy atom. The highest BCUT2D eigenvalue weighted by Gasteiger charge is 2.55. The van der Waals surface area contributed by atoms with Crippen molar-refractivity contribution in [2.24, 2.45) is 0 Å². The molecule has 2 aromatic rings. The summed E-state index contributed by atoms with van der Waals surface area (Å²) in [4.78, 5) is 29.9. The number of amides is 1. The molecule has 2 N–H and O–H groups in total. The van der Waals surface area contributed by atoms with Crippen LogP contribution in [-0.4, -0.2) is 59.7 Å². The van der Waals surface area contributed by atoms with Gasteiger partial charge in [0.05, 0.1) is 20.2 Å². The van der Waals surface area contributed by atoms with Crippen molar-refractivity contribution in [1.29, 1.82) is 0 Å². The van der Waals surface area contributed by atoms with Crippen molar-refractivity contribution in [1.82, 2.24) is 15.2 Å². The zero-order valence-corrected chi connectivity index (χ0v) is 19.1. The average Bonchev–Trinajstić information content (AvgIpc) is 3.15. The maximum atomic E-state index is 14.6. The van der Waals surface area contributed by atoms with Crippen LogP contribution in [0.25, 0.3) is 0 Å². The number of sulfone groups is 1. The molecule has 1 amide bonds. The highest BCUT2D eigenvalue weighted by Crippen LogP contribution is 2.39. The van der Waals surface area contributed by atoms with Crippen molar-refractivity contribution in [2.45, 2.75) is 34.6 Å². The fraction of sp³-hybridized carbons (Fsp3) is 0.350. The minimum atomic E-state index is -4.22. The summed E-state index contributed by atoms with van der Waals surface area (Å²) in [7, 11) is -4.22. The van der Waals surface area contributed by atoms with Gasteiger partial charge < -0.3 is 10.0 Å². The molecular weight excluding hydrogens is 503 g/mol. The lowest BCUT2D eigenvalue weighted by Crippen LogP contribution is -2.65. The summed E-state index contributed by atoms with van der Waals surface area (Å²) in [5.74, 6) is -3.81. The van der Waals surface area contributed by atoms with Crippen LogP contribution in [0.15, 0.2) is 35.4 Å². The van der Waals surface area contributed by atoms with Crippen molar-refractivity contribution in [3.05, 3.63) is 57.8 Å². The van der Waals surface area contributed by atoms with E-state index < -0.39 is 63.1 Å². The smallest absolute Gasteiger partial charge is 0.326 e. The monoisotopic (exact) mass is 519 g/mol. The van der Waals surface area contributed by atoms with Crippen LogP contribution in [0, 0.1) is 11.6 Å². The van der Waals surface area contributed by atoms with Crippen molar-refractivity contribution in [2.75, 3.05) is 13.1 Å². The number of aliphatic carboxylic acids is 1. The third-order valence-corrected chi connectivity index (χ3v) is 8.77. The number of pyridine rings is 1. The molecule has 2 fully saturated rings. The van der Waals surface area contributed by atoms with E-state index in [1.54, 1.807) is 0 Å². The SMILES string of the molecule is O=C(O)[C@@H]1C[C@@H](S(=O)(=O)c2ccc(F)cc2Cl)CN1C(=O)C1(c2ncc(Cl)cc2F)CCN1. The number of rotatable bonds is 5. The van der Waals surface area contributed by atoms with E-state index in [0.29, 0.717) is 6.54 Å². The maximum absolute atomic E-state index is 14.6. The van der Waals surface area contributed by atoms with Crippen molar-refractivity contribution in [3.8, 4) is 0 Å². The summed E-state index contributed by atoms with van der Waals surface area (Å²) >= 11 is 11.7. The van der Waals surface area contributed by atoms with E-state index in [1.165, 1.54) is 0 Å². The van der Waals surface area contributed by atoms with Gasteiger partial charge in [-0.1, -0.05) is 23.2 Å². The number of carbonyl (C=O) groups excluding carboxylic acids is 1. The number of aromatic nitrogens is 1. The number of carbonyl (C=O) groups is 2. The highest BCUT2D eigenvalue weighted by molar-refractivity contribution is 7.92. The molecule has 0 spiro atoms. The standard InChI is InChI=1S/C20H17Cl2F2N3O5S/c21-10-5-14(24)17(25-8-10)20(3-4-26-20)19(30)27-9-12(7-15(27)18(28)29)33(31,32)16-2-1-11(23)6-13(16)22/h1-2,5-6,8,12,15,26H,3-4,7,9H2,(H,28,29)/t12-,15+,20?/m1/s1. The Bertz CT molecular complexity index is 1260. The van der Waals surface area contributed by atoms with E-state index in [2.05, 4.69) is 10.3 Å². The van der Waals surface area contributed by atoms with E-state index in [0.717, 1.165) is 35.4 Å². The van der Waals surface area contributed by atoms with Crippen LogP contribution in [0.2, 0.25) is 10.0 Å². The van der Waals surface area contributed by atoms with Gasteiger partial charge in [0.2, 0.25) is 5.91 Å². The largest absolute Gasteiger partial charge is 0.480 e. The summed E-state index contributed by atoms with van der Waals surface area (Å²) in [6.07, 6.45) is 0.878. The molecule has 1 aromatic heterocycles. The molecule has 1 unspecified atom stereocenters. The van der Waals surface area contributed by atoms with Gasteiger partial charge in [0, 0.05) is 12.7 Å². The summed E-state index contributed by atoms with van der Waals surface area (Å²) in [5, 5.41) is 10.9. The number of carboxylic acids is 1. The van der Waals surface area contributed by atoms with Crippen LogP contribution in [0.1, 0.15) is 18.5 Å². The number of carboxylic acid groups (broad SMARTS) is 1. The molecule has 4 rings (SSSR count). The first kappa shape index (κ1) is 23.8. The molecule has 2 saturated heterocycles. The Labute approximate surface area is 197 Å². The van der Waals surface area contributed by atoms with Gasteiger partial charge in [-0.25, -0.2) is 22.0 Å². The predicted molar refractivity (Wildman–Crippen MR) is 114 cm³/mol. The second kappa shape index (κ2) is 8.46. The van der Waals surface area contributed by atoms with Gasteiger partial charge in [-0.2, -0.15) is 0 Å². The van der Waals surface area contributed by atoms with Gasteiger partial charge in [-0.05, 0) is 43.7 Å². The van der Waals surface area contributed by atoms with Gasteiger partial charge >= 0.3 is 5.97 Å². The summed E-state index contributed by atoms with van der Waals surface area (Å²) < 4.78 is 54.3. The minimum Gasteiger partial charge on any atom is -0.480 e. The summed E-state index contributed by atoms with van der Waals surface area (Å²) in [6, 6.07) is 2.26. The first-order chi connectivity index (χ1) is 15.5. The number of hydrogen-bond donors (Lipinski definition) is 2. The first-order valence-corrected chi connectivity index (χ1v) is 12.1. The molecule has 8 nitrogen and oxygen atoms in total. The third kappa shape index (κ3) is 3.96. The van der Waals surface area contributed by atoms with Gasteiger partial charge in [-0.15, -0.1) is 0 Å². The Kier molecular flexibility index (Phi) is 6.10. The molecule has 176 valence electrons. The quantitative estimate of drug-likeness (QED) is 0.582. The lowest BCUT2D eigenvalue weighted by molar-refractivity contribution is -0.153. The fourth-order valence-corrected chi connectivity index (χ4v) is 6.58. The van der Waals surface area contributed by atoms with Gasteiger partial charge in [0.15, 0.2) is 9.84 Å². The predicted octanol–water partition coefficient (Wildman–Crippen LogP) is 2.38. The van der Waals surface area contributed by atoms with Crippen LogP contribution in [0.5, 0.6) is 0 Å². The van der Waals surface area contributed by atoms with E-state index in [1.807, 2.05) is 0 Å². The van der Waals surface area contributed by atoms with E-state index in [4.69, 9.17) is 23.2 Å². The molecular formula is C20H17Cl2F2N3O5S. The average molecular weight is 520 g/mol. The number of hydrogen-bond acceptors (Lipinski definition) is 6. The molecule has 2 aliphatic heterocycles. The fourth-order valence-electron chi connectivity index (χ4n) is 4.20. The molecule has 1 aromatic carbocycles. The van der Waals surface area contributed by atoms with Gasteiger partial charge in [0.1, 0.15) is 28.9 Å². The van der Waals surface area contributed by atoms with Crippen LogP contribution < -0.4 is 5.32 Å². The molecule has 3 atom stereocenters. The van der Waals surface area contributed by atoms with Crippen molar-refractivity contribution in [3.63, 3.8) is 0 Å². The Balaban J connectivity index is 1.70. The summed E-state index contributed by atoms with van der Waals surface area (Å²) in [6.45, 7) is -0.127. The molecule has 3 heterocycles. The second-order valence-corrected chi connectivity index (χ2v) is 10.9. The molecule has 0 bridgehead atoms. The number of nitrogens with zero attached hydrogens (tertiary/aromatic N) is 2. The first-order valence-electron chi connectivity index (χ1n) is 9.77. The van der Waals surface area contributed by atoms with E-state index in [-0.39, 0.29) is 27.1 Å². The van der Waals surface area contributed by atoms with E-state index >= 15 is 0 Å². The number of benzene rings is 1. The van der Waals surface area contributed by atoms with Gasteiger partial charge in [-0.3, -0.25) is 15.1 Å². The molecule has 13 heteroatoms. The third-order valence-electron chi connectivity index (χ3n) is 5.95. The Hall–Kier alpha value is -2.34. The lowest BCUT2D eigenvalue weighted by atomic mass is 9.82. The van der Waals surface area contributed by atoms with E-state index in [9.17, 15) is 31.9 Å². The van der Waals surface area contributed by atoms with Crippen LogP contribution in [0.4, 0.5) is 8.78 Å². The van der Waals surface area contributed by atoms with Crippen molar-refractivity contribution >= 4 is 44.9 Å². The lowest BCUT2D eigenvalue weighted by Gasteiger charge is -2.44. The molecule has 0 aliphatic carbocycles. The zero-order chi connectivity index (χ0) is 24.1. The second-order valence-electron chi connectivity index (χ2n) is 7.86. The highest BCUT2D eigenvalue weighted by atomic mass is 35.5. The minimum absolute atomic E-state index is 0.0186. The van der Waals surface area contributed by atoms with Gasteiger partial charge in [0.25, 0.3) is 0 Å². The Morgan fingerprint density at radius 1 is 1.24 bits per heavy atom. The van der Waals surface area contributed by atoms with Crippen LogP contribution in [-0.2, 0) is 25.0 Å². The molecule has 2 aliphatic rings. The molecule has 33 heavy (non-hydrogen) atoms. The zero-order valence-electron chi connectivity index (χ0n) is 16.8. The Morgan fingerprint density at radius 3 is 2.48 bits per heavy atom. The maximum Gasteiger partial charge on any atom is 0.326 e. The molecule has 0 saturated carbocycles. The topological polar surface area (TPSA) is 117 Å².